The van der Waals surface area contributed by atoms with Gasteiger partial charge in [0.2, 0.25) is 5.91 Å². The minimum Gasteiger partial charge on any atom is -0.395 e. The van der Waals surface area contributed by atoms with Gasteiger partial charge in [-0.25, -0.2) is 14.8 Å². The summed E-state index contributed by atoms with van der Waals surface area (Å²) in [6.07, 6.45) is -0.948. The van der Waals surface area contributed by atoms with Crippen LogP contribution in [0.1, 0.15) is 23.6 Å². The van der Waals surface area contributed by atoms with Crippen molar-refractivity contribution in [2.24, 2.45) is 0 Å². The molecule has 0 bridgehead atoms. The number of carbonyl (C=O) groups is 1. The van der Waals surface area contributed by atoms with E-state index in [-0.39, 0.29) is 23.2 Å². The van der Waals surface area contributed by atoms with Gasteiger partial charge in [0, 0.05) is 13.2 Å². The van der Waals surface area contributed by atoms with Crippen molar-refractivity contribution in [1.82, 2.24) is 15.4 Å². The summed E-state index contributed by atoms with van der Waals surface area (Å²) in [5.74, 6) is -1.12. The predicted molar refractivity (Wildman–Crippen MR) is 92.3 cm³/mol. The molecule has 10 heteroatoms. The maximum atomic E-state index is 13.7. The van der Waals surface area contributed by atoms with E-state index >= 15 is 0 Å². The van der Waals surface area contributed by atoms with Crippen LogP contribution in [0.2, 0.25) is 0 Å². The molecular weight excluding hydrogens is 377 g/mol. The molecule has 2 aliphatic rings. The van der Waals surface area contributed by atoms with E-state index in [1.807, 2.05) is 0 Å². The van der Waals surface area contributed by atoms with E-state index in [2.05, 4.69) is 25.2 Å². The molecule has 1 aromatic heterocycles. The number of amides is 1. The third-order valence-corrected chi connectivity index (χ3v) is 4.78. The number of hydrazine groups is 1. The van der Waals surface area contributed by atoms with Gasteiger partial charge in [-0.3, -0.25) is 9.78 Å². The van der Waals surface area contributed by atoms with Crippen LogP contribution in [-0.2, 0) is 4.79 Å². The zero-order chi connectivity index (χ0) is 20.1. The number of aromatic nitrogens is 1. The number of halogens is 3. The summed E-state index contributed by atoms with van der Waals surface area (Å²) in [4.78, 5) is 16.2. The number of nitrogens with zero attached hydrogens (tertiary/aromatic N) is 2. The highest BCUT2D eigenvalue weighted by molar-refractivity contribution is 5.95. The molecule has 2 aliphatic heterocycles. The number of hydrogen-bond acceptors (Lipinski definition) is 6. The van der Waals surface area contributed by atoms with Gasteiger partial charge >= 0.3 is 6.29 Å². The van der Waals surface area contributed by atoms with Crippen molar-refractivity contribution in [3.8, 4) is 11.5 Å². The minimum absolute atomic E-state index is 0.0256. The Balaban J connectivity index is 1.52. The topological polar surface area (TPSA) is 75.7 Å². The van der Waals surface area contributed by atoms with Crippen LogP contribution < -0.4 is 20.2 Å². The SMILES string of the molecule is Cc1cc2c(cc1C1CC(C(=O)Nc3ccncc3F)NN1C)OC(F)(F)O2. The van der Waals surface area contributed by atoms with Gasteiger partial charge in [-0.15, -0.1) is 8.78 Å². The molecule has 7 nitrogen and oxygen atoms in total. The highest BCUT2D eigenvalue weighted by Gasteiger charge is 2.44. The second-order valence-corrected chi connectivity index (χ2v) is 6.71. The van der Waals surface area contributed by atoms with Crippen molar-refractivity contribution in [3.05, 3.63) is 47.5 Å². The lowest BCUT2D eigenvalue weighted by Gasteiger charge is -2.21. The first-order valence-corrected chi connectivity index (χ1v) is 8.53. The molecule has 2 unspecified atom stereocenters. The van der Waals surface area contributed by atoms with Gasteiger partial charge in [-0.1, -0.05) is 0 Å². The van der Waals surface area contributed by atoms with Crippen molar-refractivity contribution < 1.29 is 27.4 Å². The van der Waals surface area contributed by atoms with Crippen LogP contribution in [0.3, 0.4) is 0 Å². The Morgan fingerprint density at radius 1 is 1.36 bits per heavy atom. The quantitative estimate of drug-likeness (QED) is 0.834. The smallest absolute Gasteiger partial charge is 0.395 e. The number of fused-ring (bicyclic) bond motifs is 1. The molecule has 0 aliphatic carbocycles. The Morgan fingerprint density at radius 3 is 2.79 bits per heavy atom. The second-order valence-electron chi connectivity index (χ2n) is 6.71. The van der Waals surface area contributed by atoms with Gasteiger partial charge in [-0.2, -0.15) is 0 Å². The lowest BCUT2D eigenvalue weighted by molar-refractivity contribution is -0.286. The average Bonchev–Trinajstić information content (AvgIpc) is 3.14. The molecule has 1 aromatic carbocycles. The first kappa shape index (κ1) is 18.5. The Bertz CT molecular complexity index is 940. The first-order chi connectivity index (χ1) is 13.2. The zero-order valence-corrected chi connectivity index (χ0v) is 15.0. The average molecular weight is 394 g/mol. The Morgan fingerprint density at radius 2 is 2.07 bits per heavy atom. The van der Waals surface area contributed by atoms with Crippen molar-refractivity contribution in [2.75, 3.05) is 12.4 Å². The van der Waals surface area contributed by atoms with E-state index in [4.69, 9.17) is 0 Å². The zero-order valence-electron chi connectivity index (χ0n) is 15.0. The predicted octanol–water partition coefficient (Wildman–Crippen LogP) is 2.74. The summed E-state index contributed by atoms with van der Waals surface area (Å²) in [5, 5.41) is 4.24. The monoisotopic (exact) mass is 394 g/mol. The lowest BCUT2D eigenvalue weighted by atomic mass is 9.96. The number of hydrogen-bond donors (Lipinski definition) is 2. The van der Waals surface area contributed by atoms with E-state index in [1.165, 1.54) is 24.4 Å². The van der Waals surface area contributed by atoms with Gasteiger partial charge in [-0.05, 0) is 42.7 Å². The number of rotatable bonds is 3. The van der Waals surface area contributed by atoms with Crippen molar-refractivity contribution >= 4 is 11.6 Å². The summed E-state index contributed by atoms with van der Waals surface area (Å²) in [5.41, 5.74) is 4.50. The summed E-state index contributed by atoms with van der Waals surface area (Å²) in [6, 6.07) is 3.44. The maximum absolute atomic E-state index is 13.7. The summed E-state index contributed by atoms with van der Waals surface area (Å²) in [6.45, 7) is 1.77. The molecule has 1 saturated heterocycles. The molecule has 4 rings (SSSR count). The number of benzene rings is 1. The number of carbonyl (C=O) groups excluding carboxylic acids is 1. The Hall–Kier alpha value is -2.85. The molecule has 2 atom stereocenters. The van der Waals surface area contributed by atoms with Crippen molar-refractivity contribution in [2.45, 2.75) is 31.7 Å². The minimum atomic E-state index is -3.69. The second kappa shape index (κ2) is 6.64. The van der Waals surface area contributed by atoms with Gasteiger partial charge in [0.25, 0.3) is 0 Å². The highest BCUT2D eigenvalue weighted by Crippen LogP contribution is 2.45. The molecular formula is C18H17F3N4O3. The number of pyridine rings is 1. The number of alkyl halides is 2. The first-order valence-electron chi connectivity index (χ1n) is 8.53. The maximum Gasteiger partial charge on any atom is 0.586 e. The van der Waals surface area contributed by atoms with E-state index in [9.17, 15) is 18.0 Å². The van der Waals surface area contributed by atoms with Crippen LogP contribution in [0, 0.1) is 12.7 Å². The number of anilines is 1. The van der Waals surface area contributed by atoms with Crippen LogP contribution in [0.4, 0.5) is 18.9 Å². The molecule has 0 saturated carbocycles. The molecule has 0 radical (unpaired) electrons. The van der Waals surface area contributed by atoms with E-state index < -0.39 is 24.1 Å². The van der Waals surface area contributed by atoms with Crippen LogP contribution in [0.5, 0.6) is 11.5 Å². The third kappa shape index (κ3) is 3.36. The molecule has 1 fully saturated rings. The highest BCUT2D eigenvalue weighted by atomic mass is 19.3. The molecule has 148 valence electrons. The molecule has 0 spiro atoms. The molecule has 1 amide bonds. The van der Waals surface area contributed by atoms with E-state index in [1.54, 1.807) is 19.0 Å². The van der Waals surface area contributed by atoms with Crippen molar-refractivity contribution in [3.63, 3.8) is 0 Å². The van der Waals surface area contributed by atoms with Gasteiger partial charge in [0.05, 0.1) is 17.9 Å². The summed E-state index contributed by atoms with van der Waals surface area (Å²) >= 11 is 0. The van der Waals surface area contributed by atoms with E-state index in [0.717, 1.165) is 17.3 Å². The molecule has 28 heavy (non-hydrogen) atoms. The fourth-order valence-electron chi connectivity index (χ4n) is 3.44. The van der Waals surface area contributed by atoms with Gasteiger partial charge in [0.15, 0.2) is 17.3 Å². The molecule has 2 aromatic rings. The fraction of sp³-hybridized carbons (Fsp3) is 0.333. The number of nitrogens with one attached hydrogen (secondary N) is 2. The van der Waals surface area contributed by atoms with Crippen LogP contribution >= 0.6 is 0 Å². The molecule has 3 heterocycles. The standard InChI is InChI=1S/C18H17F3N4O3/c1-9-5-15-16(28-18(20,21)27-15)6-10(9)14-7-13(24-25(14)2)17(26)23-12-3-4-22-8-11(12)19/h3-6,8,13-14,24H,7H2,1-2H3,(H,22,23,26). The van der Waals surface area contributed by atoms with Gasteiger partial charge < -0.3 is 14.8 Å². The third-order valence-electron chi connectivity index (χ3n) is 4.78. The van der Waals surface area contributed by atoms with Crippen LogP contribution in [0.15, 0.2) is 30.6 Å². The normalized spacial score (nSPS) is 23.0. The number of ether oxygens (including phenoxy) is 2. The fourth-order valence-corrected chi connectivity index (χ4v) is 3.44. The summed E-state index contributed by atoms with van der Waals surface area (Å²) < 4.78 is 49.3. The number of aryl methyl sites for hydroxylation is 1. The van der Waals surface area contributed by atoms with E-state index in [0.29, 0.717) is 6.42 Å². The largest absolute Gasteiger partial charge is 0.586 e. The van der Waals surface area contributed by atoms with Crippen LogP contribution in [0.25, 0.3) is 0 Å². The van der Waals surface area contributed by atoms with Crippen molar-refractivity contribution in [1.29, 1.82) is 0 Å². The summed E-state index contributed by atoms with van der Waals surface area (Å²) in [7, 11) is 1.74. The molecule has 2 N–H and O–H groups in total. The Labute approximate surface area is 158 Å². The van der Waals surface area contributed by atoms with Gasteiger partial charge in [0.1, 0.15) is 6.04 Å². The van der Waals surface area contributed by atoms with Crippen LogP contribution in [-0.4, -0.2) is 35.3 Å². The lowest BCUT2D eigenvalue weighted by Crippen LogP contribution is -2.40. The Kier molecular flexibility index (Phi) is 4.39.